The number of rotatable bonds is 5. The fourth-order valence-electron chi connectivity index (χ4n) is 2.16. The molecular formula is C17H21NO2. The minimum absolute atomic E-state index is 0.151. The first-order valence-electron chi connectivity index (χ1n) is 6.72. The molecule has 3 nitrogen and oxygen atoms in total. The van der Waals surface area contributed by atoms with Crippen molar-refractivity contribution in [3.63, 3.8) is 0 Å². The molecule has 3 heteroatoms. The summed E-state index contributed by atoms with van der Waals surface area (Å²) in [5, 5.41) is 0. The monoisotopic (exact) mass is 271 g/mol. The lowest BCUT2D eigenvalue weighted by Gasteiger charge is -2.19. The first-order valence-corrected chi connectivity index (χ1v) is 6.72. The lowest BCUT2D eigenvalue weighted by Crippen LogP contribution is -2.18. The Hall–Kier alpha value is -2.00. The Morgan fingerprint density at radius 3 is 2.30 bits per heavy atom. The van der Waals surface area contributed by atoms with E-state index in [9.17, 15) is 0 Å². The third-order valence-electron chi connectivity index (χ3n) is 3.30. The predicted molar refractivity (Wildman–Crippen MR) is 81.3 cm³/mol. The Balaban J connectivity index is 2.19. The number of nitrogens with two attached hydrogens (primary N) is 1. The summed E-state index contributed by atoms with van der Waals surface area (Å²) in [6.45, 7) is 4.55. The van der Waals surface area contributed by atoms with Gasteiger partial charge in [0.05, 0.1) is 7.11 Å². The second-order valence-electron chi connectivity index (χ2n) is 4.88. The molecule has 0 saturated carbocycles. The molecule has 2 aromatic rings. The Morgan fingerprint density at radius 2 is 1.75 bits per heavy atom. The van der Waals surface area contributed by atoms with Gasteiger partial charge in [0.2, 0.25) is 0 Å². The molecule has 0 aliphatic rings. The smallest absolute Gasteiger partial charge is 0.136 e. The van der Waals surface area contributed by atoms with Crippen molar-refractivity contribution >= 4 is 0 Å². The van der Waals surface area contributed by atoms with E-state index in [0.29, 0.717) is 6.54 Å². The van der Waals surface area contributed by atoms with E-state index in [-0.39, 0.29) is 6.10 Å². The molecule has 0 fully saturated rings. The van der Waals surface area contributed by atoms with Gasteiger partial charge in [0.25, 0.3) is 0 Å². The topological polar surface area (TPSA) is 44.5 Å². The van der Waals surface area contributed by atoms with Crippen LogP contribution in [0, 0.1) is 13.8 Å². The summed E-state index contributed by atoms with van der Waals surface area (Å²) in [7, 11) is 1.65. The van der Waals surface area contributed by atoms with Crippen LogP contribution in [-0.2, 0) is 0 Å². The van der Waals surface area contributed by atoms with Gasteiger partial charge in [0.1, 0.15) is 17.6 Å². The summed E-state index contributed by atoms with van der Waals surface area (Å²) in [4.78, 5) is 0. The van der Waals surface area contributed by atoms with Gasteiger partial charge in [0, 0.05) is 6.54 Å². The van der Waals surface area contributed by atoms with Crippen molar-refractivity contribution in [2.24, 2.45) is 5.73 Å². The minimum atomic E-state index is -0.151. The van der Waals surface area contributed by atoms with E-state index in [4.69, 9.17) is 15.2 Å². The van der Waals surface area contributed by atoms with Gasteiger partial charge in [-0.1, -0.05) is 29.8 Å². The van der Waals surface area contributed by atoms with Crippen LogP contribution in [0.1, 0.15) is 22.8 Å². The first kappa shape index (κ1) is 14.4. The summed E-state index contributed by atoms with van der Waals surface area (Å²) in [5.74, 6) is 1.71. The second-order valence-corrected chi connectivity index (χ2v) is 4.88. The van der Waals surface area contributed by atoms with E-state index in [1.165, 1.54) is 5.56 Å². The molecule has 0 amide bonds. The maximum atomic E-state index is 6.04. The molecule has 1 unspecified atom stereocenters. The van der Waals surface area contributed by atoms with E-state index in [0.717, 1.165) is 22.6 Å². The molecule has 0 aromatic heterocycles. The van der Waals surface area contributed by atoms with Crippen molar-refractivity contribution < 1.29 is 9.47 Å². The largest absolute Gasteiger partial charge is 0.497 e. The molecule has 0 bridgehead atoms. The lowest BCUT2D eigenvalue weighted by atomic mass is 10.1. The number of hydrogen-bond acceptors (Lipinski definition) is 3. The highest BCUT2D eigenvalue weighted by atomic mass is 16.5. The van der Waals surface area contributed by atoms with Crippen LogP contribution in [-0.4, -0.2) is 13.7 Å². The molecule has 20 heavy (non-hydrogen) atoms. The molecule has 2 N–H and O–H groups in total. The maximum Gasteiger partial charge on any atom is 0.136 e. The van der Waals surface area contributed by atoms with Gasteiger partial charge in [-0.15, -0.1) is 0 Å². The Labute approximate surface area is 120 Å². The second kappa shape index (κ2) is 6.44. The lowest BCUT2D eigenvalue weighted by molar-refractivity contribution is 0.212. The molecule has 2 rings (SSSR count). The SMILES string of the molecule is COc1ccc(C(CN)Oc2ccc(C)cc2C)cc1. The van der Waals surface area contributed by atoms with Crippen LogP contribution in [0.2, 0.25) is 0 Å². The van der Waals surface area contributed by atoms with E-state index < -0.39 is 0 Å². The van der Waals surface area contributed by atoms with Gasteiger partial charge in [-0.25, -0.2) is 0 Å². The van der Waals surface area contributed by atoms with Crippen LogP contribution in [0.3, 0.4) is 0 Å². The Bertz CT molecular complexity index is 564. The average Bonchev–Trinajstić information content (AvgIpc) is 2.47. The fourth-order valence-corrected chi connectivity index (χ4v) is 2.16. The van der Waals surface area contributed by atoms with E-state index in [2.05, 4.69) is 13.0 Å². The van der Waals surface area contributed by atoms with Crippen molar-refractivity contribution in [1.29, 1.82) is 0 Å². The summed E-state index contributed by atoms with van der Waals surface area (Å²) >= 11 is 0. The fraction of sp³-hybridized carbons (Fsp3) is 0.294. The van der Waals surface area contributed by atoms with Gasteiger partial charge in [-0.3, -0.25) is 0 Å². The molecule has 0 radical (unpaired) electrons. The van der Waals surface area contributed by atoms with Gasteiger partial charge in [-0.05, 0) is 43.2 Å². The van der Waals surface area contributed by atoms with Crippen molar-refractivity contribution in [1.82, 2.24) is 0 Å². The summed E-state index contributed by atoms with van der Waals surface area (Å²) in [6.07, 6.45) is -0.151. The first-order chi connectivity index (χ1) is 9.63. The minimum Gasteiger partial charge on any atom is -0.497 e. The van der Waals surface area contributed by atoms with Gasteiger partial charge >= 0.3 is 0 Å². The number of methoxy groups -OCH3 is 1. The van der Waals surface area contributed by atoms with E-state index >= 15 is 0 Å². The third kappa shape index (κ3) is 3.31. The predicted octanol–water partition coefficient (Wildman–Crippen LogP) is 3.39. The number of aryl methyl sites for hydroxylation is 2. The van der Waals surface area contributed by atoms with E-state index in [1.807, 2.05) is 43.3 Å². The van der Waals surface area contributed by atoms with Crippen LogP contribution in [0.4, 0.5) is 0 Å². The van der Waals surface area contributed by atoms with Crippen molar-refractivity contribution in [3.05, 3.63) is 59.2 Å². The molecule has 0 heterocycles. The summed E-state index contributed by atoms with van der Waals surface area (Å²) < 4.78 is 11.2. The summed E-state index contributed by atoms with van der Waals surface area (Å²) in [6, 6.07) is 14.0. The molecule has 0 saturated heterocycles. The van der Waals surface area contributed by atoms with Crippen LogP contribution in [0.5, 0.6) is 11.5 Å². The van der Waals surface area contributed by atoms with Crippen molar-refractivity contribution in [2.45, 2.75) is 20.0 Å². The molecule has 0 spiro atoms. The zero-order valence-corrected chi connectivity index (χ0v) is 12.2. The molecule has 106 valence electrons. The van der Waals surface area contributed by atoms with Crippen LogP contribution in [0.15, 0.2) is 42.5 Å². The van der Waals surface area contributed by atoms with Crippen LogP contribution in [0.25, 0.3) is 0 Å². The maximum absolute atomic E-state index is 6.04. The van der Waals surface area contributed by atoms with Crippen molar-refractivity contribution in [2.75, 3.05) is 13.7 Å². The van der Waals surface area contributed by atoms with Crippen LogP contribution >= 0.6 is 0 Å². The molecule has 1 atom stereocenters. The third-order valence-corrected chi connectivity index (χ3v) is 3.30. The Morgan fingerprint density at radius 1 is 1.05 bits per heavy atom. The molecular weight excluding hydrogens is 250 g/mol. The zero-order chi connectivity index (χ0) is 14.5. The highest BCUT2D eigenvalue weighted by molar-refractivity contribution is 5.37. The zero-order valence-electron chi connectivity index (χ0n) is 12.2. The Kier molecular flexibility index (Phi) is 4.64. The molecule has 0 aliphatic heterocycles. The van der Waals surface area contributed by atoms with Gasteiger partial charge < -0.3 is 15.2 Å². The quantitative estimate of drug-likeness (QED) is 0.906. The highest BCUT2D eigenvalue weighted by Crippen LogP contribution is 2.26. The van der Waals surface area contributed by atoms with Gasteiger partial charge in [-0.2, -0.15) is 0 Å². The number of hydrogen-bond donors (Lipinski definition) is 1. The molecule has 0 aliphatic carbocycles. The normalized spacial score (nSPS) is 12.0. The molecule has 2 aromatic carbocycles. The highest BCUT2D eigenvalue weighted by Gasteiger charge is 2.13. The van der Waals surface area contributed by atoms with E-state index in [1.54, 1.807) is 7.11 Å². The number of ether oxygens (including phenoxy) is 2. The van der Waals surface area contributed by atoms with Gasteiger partial charge in [0.15, 0.2) is 0 Å². The standard InChI is InChI=1S/C17H21NO2/c1-12-4-9-16(13(2)10-12)20-17(11-18)14-5-7-15(19-3)8-6-14/h4-10,17H,11,18H2,1-3H3. The van der Waals surface area contributed by atoms with Crippen molar-refractivity contribution in [3.8, 4) is 11.5 Å². The summed E-state index contributed by atoms with van der Waals surface area (Å²) in [5.41, 5.74) is 9.24. The average molecular weight is 271 g/mol. The number of benzene rings is 2. The van der Waals surface area contributed by atoms with Crippen LogP contribution < -0.4 is 15.2 Å².